The van der Waals surface area contributed by atoms with Crippen molar-refractivity contribution in [3.8, 4) is 5.75 Å². The fourth-order valence-electron chi connectivity index (χ4n) is 2.13. The van der Waals surface area contributed by atoms with Gasteiger partial charge >= 0.3 is 12.6 Å². The van der Waals surface area contributed by atoms with E-state index in [0.29, 0.717) is 5.56 Å². The summed E-state index contributed by atoms with van der Waals surface area (Å²) in [5.41, 5.74) is 0.214. The van der Waals surface area contributed by atoms with Crippen LogP contribution < -0.4 is 10.1 Å². The molecule has 0 saturated heterocycles. The van der Waals surface area contributed by atoms with Crippen LogP contribution in [0.15, 0.2) is 42.5 Å². The summed E-state index contributed by atoms with van der Waals surface area (Å²) in [6.45, 7) is -2.09. The minimum absolute atomic E-state index is 0.0112. The quantitative estimate of drug-likeness (QED) is 0.449. The molecular weight excluding hydrogens is 366 g/mol. The van der Waals surface area contributed by atoms with Crippen molar-refractivity contribution in [2.24, 2.45) is 0 Å². The molecule has 0 atom stereocenters. The Bertz CT molecular complexity index is 855. The highest BCUT2D eigenvalue weighted by Gasteiger charge is 2.18. The Hall–Kier alpha value is -3.56. The topological polar surface area (TPSA) is 108 Å². The summed E-state index contributed by atoms with van der Waals surface area (Å²) in [6, 6.07) is 8.99. The van der Waals surface area contributed by atoms with Gasteiger partial charge in [-0.15, -0.1) is 0 Å². The Balaban J connectivity index is 1.96. The highest BCUT2D eigenvalue weighted by molar-refractivity contribution is 5.97. The van der Waals surface area contributed by atoms with E-state index in [0.717, 1.165) is 12.1 Å². The molecule has 2 rings (SSSR count). The third kappa shape index (κ3) is 5.46. The highest BCUT2D eigenvalue weighted by Crippen LogP contribution is 2.27. The smallest absolute Gasteiger partial charge is 0.387 e. The molecule has 0 saturated carbocycles. The molecule has 0 aromatic heterocycles. The fourth-order valence-corrected chi connectivity index (χ4v) is 2.13. The van der Waals surface area contributed by atoms with E-state index in [1.165, 1.54) is 24.3 Å². The van der Waals surface area contributed by atoms with Gasteiger partial charge in [0.05, 0.1) is 10.5 Å². The molecule has 0 aliphatic rings. The molecule has 0 unspecified atom stereocenters. The molecule has 0 radical (unpaired) electrons. The molecule has 10 heteroatoms. The number of aryl methyl sites for hydroxylation is 1. The summed E-state index contributed by atoms with van der Waals surface area (Å²) in [4.78, 5) is 34.2. The van der Waals surface area contributed by atoms with Crippen molar-refractivity contribution in [1.29, 1.82) is 0 Å². The van der Waals surface area contributed by atoms with E-state index in [1.807, 2.05) is 0 Å². The summed E-state index contributed by atoms with van der Waals surface area (Å²) in [7, 11) is 0. The van der Waals surface area contributed by atoms with Crippen LogP contribution in [0.4, 0.5) is 20.2 Å². The molecule has 0 heterocycles. The molecule has 27 heavy (non-hydrogen) atoms. The van der Waals surface area contributed by atoms with E-state index in [2.05, 4.69) is 10.1 Å². The summed E-state index contributed by atoms with van der Waals surface area (Å²) in [5, 5.41) is 13.3. The number of amides is 1. The van der Waals surface area contributed by atoms with E-state index < -0.39 is 30.0 Å². The zero-order chi connectivity index (χ0) is 20.0. The first-order chi connectivity index (χ1) is 12.8. The molecule has 1 N–H and O–H groups in total. The largest absolute Gasteiger partial charge is 0.452 e. The molecule has 2 aromatic rings. The number of hydrogen-bond acceptors (Lipinski definition) is 6. The number of benzene rings is 2. The lowest BCUT2D eigenvalue weighted by Gasteiger charge is -2.09. The molecule has 0 spiro atoms. The highest BCUT2D eigenvalue weighted by atomic mass is 19.3. The lowest BCUT2D eigenvalue weighted by Crippen LogP contribution is -2.22. The van der Waals surface area contributed by atoms with Crippen LogP contribution in [0, 0.1) is 17.0 Å². The van der Waals surface area contributed by atoms with Crippen LogP contribution in [-0.4, -0.2) is 30.0 Å². The first kappa shape index (κ1) is 19.8. The van der Waals surface area contributed by atoms with Crippen LogP contribution in [0.25, 0.3) is 0 Å². The van der Waals surface area contributed by atoms with Crippen molar-refractivity contribution in [2.45, 2.75) is 13.5 Å². The molecule has 0 bridgehead atoms. The van der Waals surface area contributed by atoms with Gasteiger partial charge in [0, 0.05) is 6.07 Å². The number of carbonyl (C=O) groups is 2. The Morgan fingerprint density at radius 3 is 2.44 bits per heavy atom. The first-order valence-corrected chi connectivity index (χ1v) is 7.54. The molecule has 8 nitrogen and oxygen atoms in total. The Morgan fingerprint density at radius 2 is 1.85 bits per heavy atom. The summed E-state index contributed by atoms with van der Waals surface area (Å²) in [5.74, 6) is -1.77. The third-order valence-electron chi connectivity index (χ3n) is 3.36. The summed E-state index contributed by atoms with van der Waals surface area (Å²) >= 11 is 0. The molecule has 1 amide bonds. The minimum Gasteiger partial charge on any atom is -0.452 e. The second-order valence-electron chi connectivity index (χ2n) is 5.25. The average Bonchev–Trinajstić information content (AvgIpc) is 2.61. The third-order valence-corrected chi connectivity index (χ3v) is 3.36. The van der Waals surface area contributed by atoms with Crippen molar-refractivity contribution in [1.82, 2.24) is 0 Å². The fraction of sp³-hybridized carbons (Fsp3) is 0.176. The number of alkyl halides is 2. The number of nitro benzene ring substituents is 1. The number of ether oxygens (including phenoxy) is 2. The van der Waals surface area contributed by atoms with E-state index >= 15 is 0 Å². The van der Waals surface area contributed by atoms with Crippen LogP contribution >= 0.6 is 0 Å². The van der Waals surface area contributed by atoms with Gasteiger partial charge in [0.25, 0.3) is 11.6 Å². The van der Waals surface area contributed by atoms with Gasteiger partial charge in [-0.3, -0.25) is 14.9 Å². The second-order valence-corrected chi connectivity index (χ2v) is 5.25. The number of para-hydroxylation sites is 1. The van der Waals surface area contributed by atoms with Crippen LogP contribution in [0.1, 0.15) is 15.9 Å². The number of nitrogens with zero attached hydrogens (tertiary/aromatic N) is 1. The molecule has 0 aliphatic heterocycles. The SMILES string of the molecule is Cc1cccc([N+](=O)[O-])c1NC(=O)COC(=O)c1ccc(OC(F)F)cc1. The van der Waals surface area contributed by atoms with Crippen LogP contribution in [-0.2, 0) is 9.53 Å². The van der Waals surface area contributed by atoms with Gasteiger partial charge in [0.15, 0.2) is 6.61 Å². The monoisotopic (exact) mass is 380 g/mol. The maximum Gasteiger partial charge on any atom is 0.387 e. The van der Waals surface area contributed by atoms with E-state index in [-0.39, 0.29) is 22.7 Å². The Kier molecular flexibility index (Phi) is 6.36. The Morgan fingerprint density at radius 1 is 1.19 bits per heavy atom. The van der Waals surface area contributed by atoms with Crippen LogP contribution in [0.3, 0.4) is 0 Å². The number of anilines is 1. The molecular formula is C17H14F2N2O6. The summed E-state index contributed by atoms with van der Waals surface area (Å²) < 4.78 is 33.1. The van der Waals surface area contributed by atoms with Gasteiger partial charge in [0.1, 0.15) is 11.4 Å². The van der Waals surface area contributed by atoms with Gasteiger partial charge in [-0.25, -0.2) is 4.79 Å². The van der Waals surface area contributed by atoms with Crippen LogP contribution in [0.5, 0.6) is 5.75 Å². The number of carbonyl (C=O) groups excluding carboxylic acids is 2. The molecule has 0 aliphatic carbocycles. The zero-order valence-electron chi connectivity index (χ0n) is 14.0. The number of nitrogens with one attached hydrogen (secondary N) is 1. The predicted molar refractivity (Wildman–Crippen MR) is 89.8 cm³/mol. The van der Waals surface area contributed by atoms with E-state index in [4.69, 9.17) is 4.74 Å². The van der Waals surface area contributed by atoms with Crippen molar-refractivity contribution in [3.63, 3.8) is 0 Å². The normalized spacial score (nSPS) is 10.4. The lowest BCUT2D eigenvalue weighted by atomic mass is 10.1. The van der Waals surface area contributed by atoms with Gasteiger partial charge in [-0.05, 0) is 36.8 Å². The number of rotatable bonds is 7. The maximum atomic E-state index is 12.1. The Labute approximate surface area is 151 Å². The number of nitro groups is 1. The van der Waals surface area contributed by atoms with Gasteiger partial charge in [0.2, 0.25) is 0 Å². The number of halogens is 2. The lowest BCUT2D eigenvalue weighted by molar-refractivity contribution is -0.384. The van der Waals surface area contributed by atoms with Crippen molar-refractivity contribution in [2.75, 3.05) is 11.9 Å². The first-order valence-electron chi connectivity index (χ1n) is 7.54. The zero-order valence-corrected chi connectivity index (χ0v) is 14.0. The van der Waals surface area contributed by atoms with E-state index in [1.54, 1.807) is 13.0 Å². The van der Waals surface area contributed by atoms with Gasteiger partial charge in [-0.2, -0.15) is 8.78 Å². The minimum atomic E-state index is -2.99. The van der Waals surface area contributed by atoms with Crippen molar-refractivity contribution in [3.05, 3.63) is 63.7 Å². The van der Waals surface area contributed by atoms with Crippen LogP contribution in [0.2, 0.25) is 0 Å². The number of hydrogen-bond donors (Lipinski definition) is 1. The van der Waals surface area contributed by atoms with Crippen molar-refractivity contribution < 1.29 is 32.8 Å². The van der Waals surface area contributed by atoms with Crippen molar-refractivity contribution >= 4 is 23.3 Å². The second kappa shape index (κ2) is 8.70. The predicted octanol–water partition coefficient (Wildman–Crippen LogP) is 3.30. The van der Waals surface area contributed by atoms with Gasteiger partial charge < -0.3 is 14.8 Å². The molecule has 2 aromatic carbocycles. The summed E-state index contributed by atoms with van der Waals surface area (Å²) in [6.07, 6.45) is 0. The standard InChI is InChI=1S/C17H14F2N2O6/c1-10-3-2-4-13(21(24)25)15(10)20-14(22)9-26-16(23)11-5-7-12(8-6-11)27-17(18)19/h2-8,17H,9H2,1H3,(H,20,22). The maximum absolute atomic E-state index is 12.1. The number of esters is 1. The molecule has 0 fully saturated rings. The van der Waals surface area contributed by atoms with E-state index in [9.17, 15) is 28.5 Å². The van der Waals surface area contributed by atoms with Gasteiger partial charge in [-0.1, -0.05) is 12.1 Å². The molecule has 142 valence electrons. The average molecular weight is 380 g/mol.